The largest absolute Gasteiger partial charge is 0.451 e. The van der Waals surface area contributed by atoms with Gasteiger partial charge < -0.3 is 9.73 Å². The molecule has 2 heterocycles. The van der Waals surface area contributed by atoms with Crippen LogP contribution in [0.1, 0.15) is 21.7 Å². The Balaban J connectivity index is 1.62. The number of hydrogen-bond acceptors (Lipinski definition) is 6. The van der Waals surface area contributed by atoms with E-state index in [2.05, 4.69) is 20.8 Å². The summed E-state index contributed by atoms with van der Waals surface area (Å²) in [6, 6.07) is 11.8. The molecule has 4 aromatic rings. The van der Waals surface area contributed by atoms with E-state index in [1.54, 1.807) is 30.3 Å². The normalized spacial score (nSPS) is 10.9. The Morgan fingerprint density at radius 2 is 1.89 bits per heavy atom. The summed E-state index contributed by atoms with van der Waals surface area (Å²) in [5.74, 6) is -0.537. The Morgan fingerprint density at radius 1 is 1.11 bits per heavy atom. The van der Waals surface area contributed by atoms with Gasteiger partial charge in [0.05, 0.1) is 11.1 Å². The van der Waals surface area contributed by atoms with Crippen molar-refractivity contribution in [2.75, 3.05) is 5.32 Å². The van der Waals surface area contributed by atoms with Crippen molar-refractivity contribution in [3.8, 4) is 5.69 Å². The molecule has 134 valence electrons. The molecule has 1 N–H and O–H groups in total. The molecular formula is C19H15N5O3. The van der Waals surface area contributed by atoms with E-state index in [9.17, 15) is 9.59 Å². The number of aryl methyl sites for hydroxylation is 2. The molecule has 0 spiro atoms. The highest BCUT2D eigenvalue weighted by atomic mass is 16.3. The molecule has 27 heavy (non-hydrogen) atoms. The predicted octanol–water partition coefficient (Wildman–Crippen LogP) is 2.64. The summed E-state index contributed by atoms with van der Waals surface area (Å²) < 4.78 is 7.18. The first-order valence-electron chi connectivity index (χ1n) is 8.21. The maximum Gasteiger partial charge on any atom is 0.291 e. The summed E-state index contributed by atoms with van der Waals surface area (Å²) >= 11 is 0. The number of nitrogens with one attached hydrogen (secondary N) is 1. The lowest BCUT2D eigenvalue weighted by atomic mass is 10.1. The molecule has 2 aromatic carbocycles. The second-order valence-electron chi connectivity index (χ2n) is 6.19. The Labute approximate surface area is 153 Å². The van der Waals surface area contributed by atoms with Gasteiger partial charge in [0.2, 0.25) is 0 Å². The number of carbonyl (C=O) groups excluding carboxylic acids is 1. The number of aromatic nitrogens is 4. The van der Waals surface area contributed by atoms with Gasteiger partial charge in [0.15, 0.2) is 11.2 Å². The minimum atomic E-state index is -0.497. The van der Waals surface area contributed by atoms with E-state index in [4.69, 9.17) is 4.42 Å². The van der Waals surface area contributed by atoms with Gasteiger partial charge in [0.25, 0.3) is 5.91 Å². The second-order valence-corrected chi connectivity index (χ2v) is 6.19. The third-order valence-corrected chi connectivity index (χ3v) is 4.13. The highest BCUT2D eigenvalue weighted by Gasteiger charge is 2.14. The molecule has 0 saturated carbocycles. The third kappa shape index (κ3) is 3.20. The van der Waals surface area contributed by atoms with Gasteiger partial charge in [0, 0.05) is 11.8 Å². The topological polar surface area (TPSA) is 103 Å². The van der Waals surface area contributed by atoms with Crippen LogP contribution >= 0.6 is 0 Å². The number of amides is 1. The Bertz CT molecular complexity index is 1190. The average molecular weight is 361 g/mol. The Morgan fingerprint density at radius 3 is 2.59 bits per heavy atom. The van der Waals surface area contributed by atoms with Crippen molar-refractivity contribution in [1.82, 2.24) is 20.2 Å². The summed E-state index contributed by atoms with van der Waals surface area (Å²) in [4.78, 5) is 24.9. The lowest BCUT2D eigenvalue weighted by Gasteiger charge is -2.08. The number of nitrogens with zero attached hydrogens (tertiary/aromatic N) is 4. The maximum absolute atomic E-state index is 12.5. The number of fused-ring (bicyclic) bond motifs is 1. The number of carbonyl (C=O) groups is 1. The zero-order valence-electron chi connectivity index (χ0n) is 14.6. The molecule has 1 amide bonds. The number of benzene rings is 2. The summed E-state index contributed by atoms with van der Waals surface area (Å²) in [5, 5.41) is 14.2. The van der Waals surface area contributed by atoms with Gasteiger partial charge in [-0.15, -0.1) is 5.10 Å². The molecule has 0 saturated heterocycles. The molecule has 0 aliphatic heterocycles. The van der Waals surface area contributed by atoms with E-state index in [0.29, 0.717) is 16.7 Å². The van der Waals surface area contributed by atoms with Gasteiger partial charge in [0.1, 0.15) is 11.9 Å². The molecule has 0 radical (unpaired) electrons. The monoisotopic (exact) mass is 361 g/mol. The second kappa shape index (κ2) is 6.49. The van der Waals surface area contributed by atoms with Crippen LogP contribution in [-0.2, 0) is 0 Å². The van der Waals surface area contributed by atoms with Gasteiger partial charge >= 0.3 is 0 Å². The first-order valence-corrected chi connectivity index (χ1v) is 8.21. The minimum Gasteiger partial charge on any atom is -0.451 e. The third-order valence-electron chi connectivity index (χ3n) is 4.13. The molecule has 0 unspecified atom stereocenters. The smallest absolute Gasteiger partial charge is 0.291 e. The van der Waals surface area contributed by atoms with Crippen LogP contribution in [0.2, 0.25) is 0 Å². The van der Waals surface area contributed by atoms with Crippen molar-refractivity contribution in [3.05, 3.63) is 75.9 Å². The van der Waals surface area contributed by atoms with Crippen molar-refractivity contribution in [3.63, 3.8) is 0 Å². The van der Waals surface area contributed by atoms with Gasteiger partial charge in [-0.1, -0.05) is 6.07 Å². The van der Waals surface area contributed by atoms with Gasteiger partial charge in [-0.25, -0.2) is 4.68 Å². The lowest BCUT2D eigenvalue weighted by Crippen LogP contribution is -2.15. The van der Waals surface area contributed by atoms with Crippen molar-refractivity contribution < 1.29 is 9.21 Å². The van der Waals surface area contributed by atoms with Crippen molar-refractivity contribution in [2.24, 2.45) is 0 Å². The standard InChI is InChI=1S/C19H15N5O3/c1-11-7-12(2)18-15(25)9-17(27-16(18)8-11)19(26)21-13-3-5-14(6-4-13)24-10-20-22-23-24/h3-10H,1-2H3,(H,21,26). The molecule has 0 bridgehead atoms. The average Bonchev–Trinajstić information content (AvgIpc) is 3.16. The summed E-state index contributed by atoms with van der Waals surface area (Å²) in [6.45, 7) is 3.75. The van der Waals surface area contributed by atoms with E-state index >= 15 is 0 Å². The molecule has 0 aliphatic rings. The first-order chi connectivity index (χ1) is 13.0. The van der Waals surface area contributed by atoms with Crippen molar-refractivity contribution >= 4 is 22.6 Å². The fourth-order valence-electron chi connectivity index (χ4n) is 2.95. The molecule has 8 heteroatoms. The van der Waals surface area contributed by atoms with Crippen LogP contribution in [0, 0.1) is 13.8 Å². The molecule has 0 fully saturated rings. The van der Waals surface area contributed by atoms with E-state index in [0.717, 1.165) is 16.8 Å². The van der Waals surface area contributed by atoms with Crippen LogP contribution in [0.4, 0.5) is 5.69 Å². The Hall–Kier alpha value is -3.81. The zero-order chi connectivity index (χ0) is 19.0. The highest BCUT2D eigenvalue weighted by molar-refractivity contribution is 6.03. The number of rotatable bonds is 3. The van der Waals surface area contributed by atoms with Gasteiger partial charge in [-0.05, 0) is 65.7 Å². The highest BCUT2D eigenvalue weighted by Crippen LogP contribution is 2.19. The van der Waals surface area contributed by atoms with Crippen LogP contribution in [0.3, 0.4) is 0 Å². The number of anilines is 1. The SMILES string of the molecule is Cc1cc(C)c2c(=O)cc(C(=O)Nc3ccc(-n4cnnn4)cc3)oc2c1. The zero-order valence-corrected chi connectivity index (χ0v) is 14.6. The van der Waals surface area contributed by atoms with Gasteiger partial charge in [-0.2, -0.15) is 0 Å². The summed E-state index contributed by atoms with van der Waals surface area (Å²) in [5.41, 5.74) is 3.25. The van der Waals surface area contributed by atoms with Crippen LogP contribution < -0.4 is 10.7 Å². The lowest BCUT2D eigenvalue weighted by molar-refractivity contribution is 0.0997. The van der Waals surface area contributed by atoms with Crippen LogP contribution in [0.25, 0.3) is 16.7 Å². The summed E-state index contributed by atoms with van der Waals surface area (Å²) in [6.07, 6.45) is 1.47. The molecule has 0 aliphatic carbocycles. The fourth-order valence-corrected chi connectivity index (χ4v) is 2.95. The maximum atomic E-state index is 12.5. The molecule has 0 atom stereocenters. The Kier molecular flexibility index (Phi) is 4.00. The first kappa shape index (κ1) is 16.6. The van der Waals surface area contributed by atoms with E-state index in [-0.39, 0.29) is 11.2 Å². The molecule has 2 aromatic heterocycles. The minimum absolute atomic E-state index is 0.0398. The van der Waals surface area contributed by atoms with Crippen LogP contribution in [0.5, 0.6) is 0 Å². The van der Waals surface area contributed by atoms with E-state index in [1.165, 1.54) is 17.1 Å². The van der Waals surface area contributed by atoms with Crippen molar-refractivity contribution in [2.45, 2.75) is 13.8 Å². The predicted molar refractivity (Wildman–Crippen MR) is 99.1 cm³/mol. The molecule has 8 nitrogen and oxygen atoms in total. The number of hydrogen-bond donors (Lipinski definition) is 1. The van der Waals surface area contributed by atoms with Crippen molar-refractivity contribution in [1.29, 1.82) is 0 Å². The van der Waals surface area contributed by atoms with Crippen LogP contribution in [-0.4, -0.2) is 26.1 Å². The fraction of sp³-hybridized carbons (Fsp3) is 0.105. The molecular weight excluding hydrogens is 346 g/mol. The summed E-state index contributed by atoms with van der Waals surface area (Å²) in [7, 11) is 0. The quantitative estimate of drug-likeness (QED) is 0.602. The van der Waals surface area contributed by atoms with E-state index < -0.39 is 5.91 Å². The van der Waals surface area contributed by atoms with Crippen LogP contribution in [0.15, 0.2) is 58.0 Å². The van der Waals surface area contributed by atoms with Gasteiger partial charge in [-0.3, -0.25) is 9.59 Å². The van der Waals surface area contributed by atoms with E-state index in [1.807, 2.05) is 19.9 Å². The number of tetrazole rings is 1. The molecule has 4 rings (SSSR count).